The van der Waals surface area contributed by atoms with Gasteiger partial charge in [-0.2, -0.15) is 0 Å². The summed E-state index contributed by atoms with van der Waals surface area (Å²) in [5.74, 6) is -0.582. The Kier molecular flexibility index (Phi) is 3.15. The topological polar surface area (TPSA) is 46.5 Å². The molecule has 1 fully saturated rings. The first-order valence-corrected chi connectivity index (χ1v) is 4.21. The van der Waals surface area contributed by atoms with Crippen LogP contribution in [0.5, 0.6) is 0 Å². The Morgan fingerprint density at radius 3 is 2.82 bits per heavy atom. The van der Waals surface area contributed by atoms with Crippen LogP contribution in [0.2, 0.25) is 0 Å². The van der Waals surface area contributed by atoms with Gasteiger partial charge < -0.3 is 9.84 Å². The Bertz CT molecular complexity index is 149. The summed E-state index contributed by atoms with van der Waals surface area (Å²) < 4.78 is 4.85. The zero-order valence-electron chi connectivity index (χ0n) is 6.12. The van der Waals surface area contributed by atoms with Gasteiger partial charge in [-0.3, -0.25) is 4.79 Å². The summed E-state index contributed by atoms with van der Waals surface area (Å²) in [4.78, 5) is 10.6. The Hall–Kier alpha value is -0.280. The third-order valence-corrected chi connectivity index (χ3v) is 2.03. The van der Waals surface area contributed by atoms with E-state index in [1.165, 1.54) is 0 Å². The van der Waals surface area contributed by atoms with Gasteiger partial charge in [0.1, 0.15) is 12.0 Å². The number of aliphatic hydroxyl groups is 1. The predicted octanol–water partition coefficient (Wildman–Crippen LogP) is 0.682. The van der Waals surface area contributed by atoms with Gasteiger partial charge >= 0.3 is 5.97 Å². The van der Waals surface area contributed by atoms with Crippen LogP contribution in [0, 0.1) is 0 Å². The fourth-order valence-corrected chi connectivity index (χ4v) is 1.31. The van der Waals surface area contributed by atoms with Crippen LogP contribution >= 0.6 is 11.6 Å². The fraction of sp³-hybridized carbons (Fsp3) is 0.857. The average molecular weight is 179 g/mol. The van der Waals surface area contributed by atoms with Crippen molar-refractivity contribution in [2.24, 2.45) is 0 Å². The summed E-state index contributed by atoms with van der Waals surface area (Å²) in [7, 11) is 0. The van der Waals surface area contributed by atoms with Crippen molar-refractivity contribution >= 4 is 17.6 Å². The first-order valence-electron chi connectivity index (χ1n) is 3.67. The van der Waals surface area contributed by atoms with E-state index in [1.807, 2.05) is 0 Å². The van der Waals surface area contributed by atoms with E-state index >= 15 is 0 Å². The first-order chi connectivity index (χ1) is 5.24. The molecule has 3 nitrogen and oxygen atoms in total. The lowest BCUT2D eigenvalue weighted by Crippen LogP contribution is -2.26. The summed E-state index contributed by atoms with van der Waals surface area (Å²) in [6.45, 7) is 0. The zero-order chi connectivity index (χ0) is 8.27. The van der Waals surface area contributed by atoms with Crippen LogP contribution in [0.15, 0.2) is 0 Å². The third kappa shape index (κ3) is 2.34. The molecule has 1 saturated carbocycles. The molecule has 0 spiro atoms. The quantitative estimate of drug-likeness (QED) is 0.500. The summed E-state index contributed by atoms with van der Waals surface area (Å²) in [6.07, 6.45) is 1.59. The molecule has 0 radical (unpaired) electrons. The Morgan fingerprint density at radius 2 is 2.36 bits per heavy atom. The van der Waals surface area contributed by atoms with E-state index in [2.05, 4.69) is 0 Å². The number of halogens is 1. The highest BCUT2D eigenvalue weighted by atomic mass is 35.5. The van der Waals surface area contributed by atoms with Crippen molar-refractivity contribution in [1.82, 2.24) is 0 Å². The van der Waals surface area contributed by atoms with Gasteiger partial charge in [0.2, 0.25) is 0 Å². The largest absolute Gasteiger partial charge is 0.459 e. The molecule has 0 aliphatic heterocycles. The smallest absolute Gasteiger partial charge is 0.321 e. The minimum atomic E-state index is -0.484. The van der Waals surface area contributed by atoms with E-state index in [4.69, 9.17) is 16.3 Å². The number of hydrogen-bond acceptors (Lipinski definition) is 3. The monoisotopic (exact) mass is 178 g/mol. The van der Waals surface area contributed by atoms with Crippen molar-refractivity contribution in [2.75, 3.05) is 5.88 Å². The maximum atomic E-state index is 10.6. The van der Waals surface area contributed by atoms with E-state index in [9.17, 15) is 9.90 Å². The molecule has 0 aromatic carbocycles. The number of ether oxygens (including phenoxy) is 1. The van der Waals surface area contributed by atoms with Crippen LogP contribution in [0.25, 0.3) is 0 Å². The second kappa shape index (κ2) is 3.93. The highest BCUT2D eigenvalue weighted by Gasteiger charge is 2.28. The number of carbonyl (C=O) groups excluding carboxylic acids is 1. The van der Waals surface area contributed by atoms with Crippen molar-refractivity contribution in [1.29, 1.82) is 0 Å². The second-order valence-corrected chi connectivity index (χ2v) is 2.93. The van der Waals surface area contributed by atoms with Crippen molar-refractivity contribution in [3.63, 3.8) is 0 Å². The van der Waals surface area contributed by atoms with Gasteiger partial charge in [-0.15, -0.1) is 11.6 Å². The minimum Gasteiger partial charge on any atom is -0.459 e. The highest BCUT2D eigenvalue weighted by Crippen LogP contribution is 2.21. The van der Waals surface area contributed by atoms with Crippen molar-refractivity contribution in [3.8, 4) is 0 Å². The minimum absolute atomic E-state index is 0.136. The van der Waals surface area contributed by atoms with E-state index in [0.29, 0.717) is 0 Å². The number of aliphatic hydroxyl groups excluding tert-OH is 1. The number of hydrogen-bond donors (Lipinski definition) is 1. The molecule has 1 rings (SSSR count). The van der Waals surface area contributed by atoms with Gasteiger partial charge in [-0.05, 0) is 19.3 Å². The summed E-state index contributed by atoms with van der Waals surface area (Å²) in [5, 5.41) is 9.21. The van der Waals surface area contributed by atoms with Crippen LogP contribution in [-0.4, -0.2) is 29.2 Å². The number of esters is 1. The Balaban J connectivity index is 2.30. The lowest BCUT2D eigenvalue weighted by molar-refractivity contribution is -0.150. The molecule has 2 unspecified atom stereocenters. The maximum Gasteiger partial charge on any atom is 0.321 e. The molecule has 64 valence electrons. The summed E-state index contributed by atoms with van der Waals surface area (Å²) in [6, 6.07) is 0. The molecule has 1 N–H and O–H groups in total. The van der Waals surface area contributed by atoms with Crippen LogP contribution in [0.4, 0.5) is 0 Å². The highest BCUT2D eigenvalue weighted by molar-refractivity contribution is 6.26. The van der Waals surface area contributed by atoms with Gasteiger partial charge in [-0.25, -0.2) is 0 Å². The lowest BCUT2D eigenvalue weighted by atomic mass is 10.3. The first kappa shape index (κ1) is 8.81. The molecule has 0 aromatic rings. The standard InChI is InChI=1S/C7H11ClO3/c8-4-7(10)11-6-3-1-2-5(6)9/h5-6,9H,1-4H2. The Morgan fingerprint density at radius 1 is 1.64 bits per heavy atom. The van der Waals surface area contributed by atoms with Gasteiger partial charge in [0.05, 0.1) is 6.10 Å². The van der Waals surface area contributed by atoms with Crippen LogP contribution in [-0.2, 0) is 9.53 Å². The number of rotatable bonds is 2. The molecule has 0 aromatic heterocycles. The van der Waals surface area contributed by atoms with E-state index in [0.717, 1.165) is 19.3 Å². The van der Waals surface area contributed by atoms with Crippen molar-refractivity contribution < 1.29 is 14.6 Å². The van der Waals surface area contributed by atoms with Gasteiger partial charge in [0, 0.05) is 0 Å². The molecule has 4 heteroatoms. The van der Waals surface area contributed by atoms with Crippen LogP contribution in [0.1, 0.15) is 19.3 Å². The molecule has 0 bridgehead atoms. The van der Waals surface area contributed by atoms with Crippen LogP contribution < -0.4 is 0 Å². The molecular weight excluding hydrogens is 168 g/mol. The third-order valence-electron chi connectivity index (χ3n) is 1.81. The van der Waals surface area contributed by atoms with E-state index in [1.54, 1.807) is 0 Å². The molecular formula is C7H11ClO3. The lowest BCUT2D eigenvalue weighted by Gasteiger charge is -2.14. The van der Waals surface area contributed by atoms with E-state index in [-0.39, 0.29) is 12.0 Å². The van der Waals surface area contributed by atoms with Crippen molar-refractivity contribution in [2.45, 2.75) is 31.5 Å². The SMILES string of the molecule is O=C(CCl)OC1CCCC1O. The van der Waals surface area contributed by atoms with Gasteiger partial charge in [0.15, 0.2) is 0 Å². The molecule has 1 aliphatic carbocycles. The summed E-state index contributed by atoms with van der Waals surface area (Å²) in [5.41, 5.74) is 0. The Labute approximate surface area is 70.3 Å². The average Bonchev–Trinajstić information content (AvgIpc) is 2.37. The summed E-state index contributed by atoms with van der Waals surface area (Å²) >= 11 is 5.22. The molecule has 0 heterocycles. The zero-order valence-corrected chi connectivity index (χ0v) is 6.88. The normalized spacial score (nSPS) is 30.4. The maximum absolute atomic E-state index is 10.6. The van der Waals surface area contributed by atoms with Crippen molar-refractivity contribution in [3.05, 3.63) is 0 Å². The second-order valence-electron chi connectivity index (χ2n) is 2.66. The molecule has 2 atom stereocenters. The van der Waals surface area contributed by atoms with E-state index < -0.39 is 12.1 Å². The van der Waals surface area contributed by atoms with Gasteiger partial charge in [-0.1, -0.05) is 0 Å². The molecule has 1 aliphatic rings. The predicted molar refractivity (Wildman–Crippen MR) is 40.5 cm³/mol. The number of alkyl halides is 1. The molecule has 11 heavy (non-hydrogen) atoms. The van der Waals surface area contributed by atoms with Crippen LogP contribution in [0.3, 0.4) is 0 Å². The number of carbonyl (C=O) groups is 1. The molecule has 0 saturated heterocycles. The fourth-order valence-electron chi connectivity index (χ4n) is 1.24. The molecule has 0 amide bonds. The van der Waals surface area contributed by atoms with Gasteiger partial charge in [0.25, 0.3) is 0 Å².